The fourth-order valence-electron chi connectivity index (χ4n) is 2.76. The maximum absolute atomic E-state index is 6.12. The van der Waals surface area contributed by atoms with E-state index in [-0.39, 0.29) is 6.04 Å². The van der Waals surface area contributed by atoms with Crippen LogP contribution in [0.1, 0.15) is 28.5 Å². The molecular formula is C18H18BrNO. The summed E-state index contributed by atoms with van der Waals surface area (Å²) in [6.07, 6.45) is 0. The molecule has 3 heteroatoms. The number of rotatable bonds is 3. The number of benzene rings is 2. The molecule has 1 atom stereocenters. The van der Waals surface area contributed by atoms with Crippen molar-refractivity contribution in [2.75, 3.05) is 7.05 Å². The summed E-state index contributed by atoms with van der Waals surface area (Å²) in [6.45, 7) is 4.20. The van der Waals surface area contributed by atoms with Gasteiger partial charge in [-0.2, -0.15) is 0 Å². The highest BCUT2D eigenvalue weighted by atomic mass is 79.9. The van der Waals surface area contributed by atoms with Crippen LogP contribution in [0.3, 0.4) is 0 Å². The molecule has 0 fully saturated rings. The summed E-state index contributed by atoms with van der Waals surface area (Å²) in [7, 11) is 1.96. The molecule has 108 valence electrons. The van der Waals surface area contributed by atoms with Gasteiger partial charge in [0.25, 0.3) is 0 Å². The molecule has 2 aromatic carbocycles. The van der Waals surface area contributed by atoms with Crippen molar-refractivity contribution in [2.45, 2.75) is 19.9 Å². The third-order valence-electron chi connectivity index (χ3n) is 3.95. The highest BCUT2D eigenvalue weighted by molar-refractivity contribution is 9.10. The van der Waals surface area contributed by atoms with Gasteiger partial charge in [0.05, 0.1) is 6.04 Å². The minimum atomic E-state index is 0.0503. The Morgan fingerprint density at radius 2 is 1.86 bits per heavy atom. The molecule has 0 saturated carbocycles. The van der Waals surface area contributed by atoms with Gasteiger partial charge < -0.3 is 9.73 Å². The van der Waals surface area contributed by atoms with E-state index in [1.807, 2.05) is 7.05 Å². The van der Waals surface area contributed by atoms with E-state index in [0.717, 1.165) is 21.2 Å². The number of para-hydroxylation sites is 1. The van der Waals surface area contributed by atoms with Crippen molar-refractivity contribution in [3.05, 3.63) is 69.4 Å². The minimum Gasteiger partial charge on any atom is -0.459 e. The Morgan fingerprint density at radius 3 is 2.57 bits per heavy atom. The normalized spacial score (nSPS) is 12.8. The Hall–Kier alpha value is -1.58. The molecule has 1 heterocycles. The molecule has 21 heavy (non-hydrogen) atoms. The van der Waals surface area contributed by atoms with E-state index in [4.69, 9.17) is 4.42 Å². The van der Waals surface area contributed by atoms with Gasteiger partial charge in [0.15, 0.2) is 0 Å². The third kappa shape index (κ3) is 2.52. The van der Waals surface area contributed by atoms with Crippen LogP contribution in [0.15, 0.2) is 51.4 Å². The van der Waals surface area contributed by atoms with Gasteiger partial charge >= 0.3 is 0 Å². The molecule has 3 aromatic rings. The maximum Gasteiger partial charge on any atom is 0.137 e. The fraction of sp³-hybridized carbons (Fsp3) is 0.222. The molecule has 1 N–H and O–H groups in total. The van der Waals surface area contributed by atoms with Crippen LogP contribution in [0.25, 0.3) is 11.0 Å². The van der Waals surface area contributed by atoms with Crippen molar-refractivity contribution in [2.24, 2.45) is 0 Å². The Kier molecular flexibility index (Phi) is 3.87. The van der Waals surface area contributed by atoms with E-state index in [1.165, 1.54) is 16.7 Å². The zero-order chi connectivity index (χ0) is 15.0. The van der Waals surface area contributed by atoms with Gasteiger partial charge in [-0.15, -0.1) is 0 Å². The molecule has 0 saturated heterocycles. The van der Waals surface area contributed by atoms with Gasteiger partial charge in [-0.05, 0) is 49.7 Å². The molecule has 1 unspecified atom stereocenters. The number of furan rings is 1. The van der Waals surface area contributed by atoms with Crippen molar-refractivity contribution in [1.29, 1.82) is 0 Å². The Balaban J connectivity index is 2.14. The number of hydrogen-bond acceptors (Lipinski definition) is 2. The van der Waals surface area contributed by atoms with Crippen LogP contribution < -0.4 is 5.32 Å². The summed E-state index contributed by atoms with van der Waals surface area (Å²) in [5.74, 6) is 0.947. The predicted molar refractivity (Wildman–Crippen MR) is 90.7 cm³/mol. The molecule has 3 rings (SSSR count). The van der Waals surface area contributed by atoms with E-state index < -0.39 is 0 Å². The predicted octanol–water partition coefficient (Wildman–Crippen LogP) is 5.12. The Labute approximate surface area is 133 Å². The highest BCUT2D eigenvalue weighted by Crippen LogP contribution is 2.32. The van der Waals surface area contributed by atoms with Gasteiger partial charge in [-0.3, -0.25) is 0 Å². The van der Waals surface area contributed by atoms with Crippen LogP contribution in [0.5, 0.6) is 0 Å². The summed E-state index contributed by atoms with van der Waals surface area (Å²) in [6, 6.07) is 14.7. The van der Waals surface area contributed by atoms with E-state index in [9.17, 15) is 0 Å². The first-order chi connectivity index (χ1) is 10.1. The highest BCUT2D eigenvalue weighted by Gasteiger charge is 2.19. The molecule has 0 spiro atoms. The average molecular weight is 344 g/mol. The average Bonchev–Trinajstić information content (AvgIpc) is 2.89. The zero-order valence-corrected chi connectivity index (χ0v) is 14.0. The van der Waals surface area contributed by atoms with Crippen molar-refractivity contribution in [3.8, 4) is 0 Å². The van der Waals surface area contributed by atoms with Gasteiger partial charge in [-0.1, -0.05) is 46.3 Å². The van der Waals surface area contributed by atoms with Crippen molar-refractivity contribution < 1.29 is 4.42 Å². The summed E-state index contributed by atoms with van der Waals surface area (Å²) >= 11 is 3.60. The molecule has 2 nitrogen and oxygen atoms in total. The largest absolute Gasteiger partial charge is 0.459 e. The summed E-state index contributed by atoms with van der Waals surface area (Å²) in [4.78, 5) is 0. The van der Waals surface area contributed by atoms with Gasteiger partial charge in [-0.25, -0.2) is 0 Å². The summed E-state index contributed by atoms with van der Waals surface area (Å²) in [5, 5.41) is 4.52. The van der Waals surface area contributed by atoms with E-state index in [1.54, 1.807) is 0 Å². The fourth-order valence-corrected chi connectivity index (χ4v) is 3.14. The Morgan fingerprint density at radius 1 is 1.10 bits per heavy atom. The molecular weight excluding hydrogens is 326 g/mol. The zero-order valence-electron chi connectivity index (χ0n) is 12.4. The van der Waals surface area contributed by atoms with Crippen molar-refractivity contribution >= 4 is 26.9 Å². The summed E-state index contributed by atoms with van der Waals surface area (Å²) < 4.78 is 7.24. The molecule has 0 amide bonds. The topological polar surface area (TPSA) is 25.2 Å². The third-order valence-corrected chi connectivity index (χ3v) is 4.81. The minimum absolute atomic E-state index is 0.0503. The monoisotopic (exact) mass is 343 g/mol. The first kappa shape index (κ1) is 14.4. The smallest absolute Gasteiger partial charge is 0.137 e. The van der Waals surface area contributed by atoms with Crippen LogP contribution in [0.2, 0.25) is 0 Å². The first-order valence-corrected chi connectivity index (χ1v) is 7.82. The van der Waals surface area contributed by atoms with Crippen molar-refractivity contribution in [1.82, 2.24) is 5.32 Å². The lowest BCUT2D eigenvalue weighted by Crippen LogP contribution is -2.18. The van der Waals surface area contributed by atoms with Gasteiger partial charge in [0.1, 0.15) is 11.3 Å². The van der Waals surface area contributed by atoms with E-state index in [0.29, 0.717) is 0 Å². The molecule has 1 aromatic heterocycles. The standard InChI is InChI=1S/C18H18BrNO/c1-11-6-4-7-13-10-16(21-18(11)13)17(20-3)14-8-5-9-15(19)12(14)2/h4-10,17,20H,1-3H3. The second-order valence-corrected chi connectivity index (χ2v) is 6.17. The number of nitrogens with one attached hydrogen (secondary N) is 1. The number of aryl methyl sites for hydroxylation is 1. The quantitative estimate of drug-likeness (QED) is 0.713. The molecule has 0 radical (unpaired) electrons. The van der Waals surface area contributed by atoms with Crippen LogP contribution in [-0.4, -0.2) is 7.05 Å². The lowest BCUT2D eigenvalue weighted by atomic mass is 9.99. The number of fused-ring (bicyclic) bond motifs is 1. The van der Waals surface area contributed by atoms with Crippen LogP contribution >= 0.6 is 15.9 Å². The molecule has 0 bridgehead atoms. The number of halogens is 1. The van der Waals surface area contributed by atoms with Gasteiger partial charge in [0, 0.05) is 9.86 Å². The van der Waals surface area contributed by atoms with E-state index >= 15 is 0 Å². The molecule has 0 aliphatic carbocycles. The second kappa shape index (κ2) is 5.66. The van der Waals surface area contributed by atoms with Crippen LogP contribution in [-0.2, 0) is 0 Å². The van der Waals surface area contributed by atoms with Crippen LogP contribution in [0, 0.1) is 13.8 Å². The second-order valence-electron chi connectivity index (χ2n) is 5.32. The SMILES string of the molecule is CNC(c1cc2cccc(C)c2o1)c1cccc(Br)c1C. The summed E-state index contributed by atoms with van der Waals surface area (Å²) in [5.41, 5.74) is 4.59. The van der Waals surface area contributed by atoms with Gasteiger partial charge in [0.2, 0.25) is 0 Å². The first-order valence-electron chi connectivity index (χ1n) is 7.03. The lowest BCUT2D eigenvalue weighted by Gasteiger charge is -2.17. The van der Waals surface area contributed by atoms with Crippen molar-refractivity contribution in [3.63, 3.8) is 0 Å². The Bertz CT molecular complexity index is 791. The lowest BCUT2D eigenvalue weighted by molar-refractivity contribution is 0.489. The molecule has 0 aliphatic rings. The van der Waals surface area contributed by atoms with E-state index in [2.05, 4.69) is 77.6 Å². The molecule has 0 aliphatic heterocycles. The number of hydrogen-bond donors (Lipinski definition) is 1. The maximum atomic E-state index is 6.12. The van der Waals surface area contributed by atoms with Crippen LogP contribution in [0.4, 0.5) is 0 Å².